The fourth-order valence-corrected chi connectivity index (χ4v) is 6.09. The molecule has 0 saturated carbocycles. The van der Waals surface area contributed by atoms with Crippen LogP contribution in [0.4, 0.5) is 0 Å². The van der Waals surface area contributed by atoms with Crippen LogP contribution in [0.25, 0.3) is 11.1 Å². The number of allylic oxidation sites excluding steroid dienone is 1. The zero-order chi connectivity index (χ0) is 20.9. The van der Waals surface area contributed by atoms with Crippen LogP contribution in [0.5, 0.6) is 0 Å². The Labute approximate surface area is 184 Å². The summed E-state index contributed by atoms with van der Waals surface area (Å²) in [6.07, 6.45) is 12.1. The summed E-state index contributed by atoms with van der Waals surface area (Å²) in [5.41, 5.74) is 10.3. The van der Waals surface area contributed by atoms with Crippen LogP contribution in [-0.4, -0.2) is 24.5 Å². The average Bonchev–Trinajstić information content (AvgIpc) is 2.82. The van der Waals surface area contributed by atoms with E-state index in [1.54, 1.807) is 7.11 Å². The Morgan fingerprint density at radius 1 is 0.968 bits per heavy atom. The highest BCUT2D eigenvalue weighted by Gasteiger charge is 2.35. The van der Waals surface area contributed by atoms with Crippen LogP contribution >= 0.6 is 0 Å². The number of rotatable bonds is 3. The van der Waals surface area contributed by atoms with E-state index in [1.165, 1.54) is 38.9 Å². The highest BCUT2D eigenvalue weighted by atomic mass is 16.5. The van der Waals surface area contributed by atoms with Crippen LogP contribution in [0, 0.1) is 5.92 Å². The largest absolute Gasteiger partial charge is 0.483 e. The summed E-state index contributed by atoms with van der Waals surface area (Å²) in [5, 5.41) is 17.8. The predicted octanol–water partition coefficient (Wildman–Crippen LogP) is 3.93. The smallest absolute Gasteiger partial charge is 0.185 e. The summed E-state index contributed by atoms with van der Waals surface area (Å²) in [5.74, 6) is 0.907. The number of hydrogen-bond acceptors (Lipinski definition) is 4. The second kappa shape index (κ2) is 7.54. The molecule has 1 heterocycles. The first-order valence-corrected chi connectivity index (χ1v) is 11.6. The molecule has 0 radical (unpaired) electrons. The molecule has 0 fully saturated rings. The minimum Gasteiger partial charge on any atom is -0.483 e. The zero-order valence-electron chi connectivity index (χ0n) is 18.0. The van der Waals surface area contributed by atoms with Gasteiger partial charge in [-0.3, -0.25) is 5.32 Å². The third-order valence-electron chi connectivity index (χ3n) is 7.63. The normalized spacial score (nSPS) is 28.4. The second-order valence-electron chi connectivity index (χ2n) is 9.28. The Kier molecular flexibility index (Phi) is 4.66. The third-order valence-corrected chi connectivity index (χ3v) is 7.63. The molecule has 0 spiro atoms. The molecule has 1 aliphatic heterocycles. The number of ether oxygens (including phenoxy) is 1. The lowest BCUT2D eigenvalue weighted by molar-refractivity contribution is 0.0858. The van der Waals surface area contributed by atoms with Gasteiger partial charge in [-0.25, -0.2) is 0 Å². The first-order chi connectivity index (χ1) is 15.2. The monoisotopic (exact) mass is 414 g/mol. The maximum Gasteiger partial charge on any atom is 0.185 e. The number of methoxy groups -OCH3 is 1. The molecule has 0 saturated heterocycles. The van der Waals surface area contributed by atoms with Crippen molar-refractivity contribution in [2.45, 2.75) is 56.8 Å². The Morgan fingerprint density at radius 2 is 1.74 bits per heavy atom. The van der Waals surface area contributed by atoms with Crippen LogP contribution in [0.2, 0.25) is 0 Å². The van der Waals surface area contributed by atoms with Crippen molar-refractivity contribution >= 4 is 0 Å². The van der Waals surface area contributed by atoms with Gasteiger partial charge in [0.05, 0.1) is 25.4 Å². The molecule has 3 aliphatic carbocycles. The van der Waals surface area contributed by atoms with Crippen molar-refractivity contribution in [3.63, 3.8) is 0 Å². The molecule has 0 bridgehead atoms. The van der Waals surface area contributed by atoms with Gasteiger partial charge in [-0.2, -0.15) is 0 Å². The Bertz CT molecular complexity index is 1070. The predicted molar refractivity (Wildman–Crippen MR) is 122 cm³/mol. The maximum atomic E-state index is 10.6. The molecule has 4 heteroatoms. The number of aryl methyl sites for hydroxylation is 3. The highest BCUT2D eigenvalue weighted by Crippen LogP contribution is 2.45. The van der Waals surface area contributed by atoms with E-state index in [0.717, 1.165) is 44.4 Å². The highest BCUT2D eigenvalue weighted by molar-refractivity contribution is 5.81. The second-order valence-corrected chi connectivity index (χ2v) is 9.28. The molecule has 4 aliphatic rings. The summed E-state index contributed by atoms with van der Waals surface area (Å²) in [4.78, 5) is 0. The van der Waals surface area contributed by atoms with E-state index in [1.807, 2.05) is 6.08 Å². The maximum absolute atomic E-state index is 10.6. The van der Waals surface area contributed by atoms with Gasteiger partial charge in [0.1, 0.15) is 0 Å². The van der Waals surface area contributed by atoms with Crippen molar-refractivity contribution in [1.82, 2.24) is 10.6 Å². The summed E-state index contributed by atoms with van der Waals surface area (Å²) in [7, 11) is 1.72. The molecular weight excluding hydrogens is 384 g/mol. The summed E-state index contributed by atoms with van der Waals surface area (Å²) in [6.45, 7) is 0. The lowest BCUT2D eigenvalue weighted by Gasteiger charge is -2.40. The van der Waals surface area contributed by atoms with Crippen molar-refractivity contribution < 1.29 is 9.84 Å². The van der Waals surface area contributed by atoms with Gasteiger partial charge in [0, 0.05) is 5.92 Å². The van der Waals surface area contributed by atoms with Gasteiger partial charge in [-0.15, -0.1) is 0 Å². The molecule has 31 heavy (non-hydrogen) atoms. The van der Waals surface area contributed by atoms with Crippen molar-refractivity contribution in [1.29, 1.82) is 0 Å². The molecule has 4 atom stereocenters. The van der Waals surface area contributed by atoms with Crippen LogP contribution in [0.1, 0.15) is 46.7 Å². The van der Waals surface area contributed by atoms with E-state index in [-0.39, 0.29) is 18.1 Å². The van der Waals surface area contributed by atoms with Crippen molar-refractivity contribution in [2.24, 2.45) is 5.92 Å². The molecule has 4 unspecified atom stereocenters. The number of aliphatic hydroxyl groups is 1. The van der Waals surface area contributed by atoms with E-state index < -0.39 is 6.10 Å². The quantitative estimate of drug-likeness (QED) is 0.667. The van der Waals surface area contributed by atoms with Gasteiger partial charge >= 0.3 is 0 Å². The zero-order valence-corrected chi connectivity index (χ0v) is 18.0. The number of benzene rings is 2. The van der Waals surface area contributed by atoms with E-state index in [4.69, 9.17) is 4.74 Å². The molecular formula is C27H30N2O2. The fourth-order valence-electron chi connectivity index (χ4n) is 6.09. The molecule has 4 nitrogen and oxygen atoms in total. The third kappa shape index (κ3) is 3.12. The van der Waals surface area contributed by atoms with E-state index >= 15 is 0 Å². The van der Waals surface area contributed by atoms with E-state index in [2.05, 4.69) is 53.1 Å². The van der Waals surface area contributed by atoms with Gasteiger partial charge in [-0.1, -0.05) is 42.5 Å². The molecule has 0 amide bonds. The number of hydrogen-bond donors (Lipinski definition) is 3. The van der Waals surface area contributed by atoms with Crippen molar-refractivity contribution in [2.75, 3.05) is 7.11 Å². The van der Waals surface area contributed by atoms with Crippen LogP contribution in [-0.2, 0) is 30.4 Å². The van der Waals surface area contributed by atoms with Crippen molar-refractivity contribution in [3.8, 4) is 11.1 Å². The Hall–Kier alpha value is -2.56. The van der Waals surface area contributed by atoms with Gasteiger partial charge in [0.15, 0.2) is 5.88 Å². The SMILES string of the molecule is COC1=CC(c2ccc3c4c2CCc2cccc(c2-4)CC3)NC(C2CCC=CC2O)N1. The van der Waals surface area contributed by atoms with Gasteiger partial charge in [0.25, 0.3) is 0 Å². The topological polar surface area (TPSA) is 53.5 Å². The van der Waals surface area contributed by atoms with Gasteiger partial charge in [0.2, 0.25) is 0 Å². The minimum atomic E-state index is -0.438. The first kappa shape index (κ1) is 19.1. The first-order valence-electron chi connectivity index (χ1n) is 11.6. The summed E-state index contributed by atoms with van der Waals surface area (Å²) < 4.78 is 5.66. The van der Waals surface area contributed by atoms with Crippen molar-refractivity contribution in [3.05, 3.63) is 82.3 Å². The minimum absolute atomic E-state index is 0.0282. The lowest BCUT2D eigenvalue weighted by Crippen LogP contribution is -2.54. The van der Waals surface area contributed by atoms with E-state index in [0.29, 0.717) is 0 Å². The van der Waals surface area contributed by atoms with Crippen LogP contribution in [0.3, 0.4) is 0 Å². The molecule has 0 aromatic heterocycles. The Morgan fingerprint density at radius 3 is 2.52 bits per heavy atom. The molecule has 2 aromatic rings. The lowest BCUT2D eigenvalue weighted by atomic mass is 9.73. The molecule has 160 valence electrons. The average molecular weight is 415 g/mol. The van der Waals surface area contributed by atoms with Crippen LogP contribution < -0.4 is 10.6 Å². The standard InChI is InChI=1S/C27H30N2O2/c1-31-24-15-22(28-27(29-24)21-7-2-3-8-23(21)30)19-13-11-18-10-9-16-5-4-6-17-12-14-20(19)26(18)25(16)17/h3-6,8,11,13,15,21-23,27-30H,2,7,9-10,12,14H2,1H3. The molecule has 2 aromatic carbocycles. The number of aliphatic hydroxyl groups excluding tert-OH is 1. The molecule has 3 N–H and O–H groups in total. The van der Waals surface area contributed by atoms with Crippen LogP contribution in [0.15, 0.2) is 54.4 Å². The van der Waals surface area contributed by atoms with Gasteiger partial charge < -0.3 is 15.2 Å². The molecule has 6 rings (SSSR count). The fraction of sp³-hybridized carbons (Fsp3) is 0.407. The van der Waals surface area contributed by atoms with Gasteiger partial charge in [-0.05, 0) is 83.5 Å². The number of nitrogens with one attached hydrogen (secondary N) is 2. The Balaban J connectivity index is 1.42. The van der Waals surface area contributed by atoms with E-state index in [9.17, 15) is 5.11 Å². The summed E-state index contributed by atoms with van der Waals surface area (Å²) >= 11 is 0. The summed E-state index contributed by atoms with van der Waals surface area (Å²) in [6, 6.07) is 11.6.